The number of ether oxygens (including phenoxy) is 1. The van der Waals surface area contributed by atoms with Gasteiger partial charge in [-0.2, -0.15) is 0 Å². The van der Waals surface area contributed by atoms with E-state index in [1.807, 2.05) is 12.1 Å². The fourth-order valence-electron chi connectivity index (χ4n) is 2.12. The summed E-state index contributed by atoms with van der Waals surface area (Å²) in [5.74, 6) is -0.127. The molecule has 0 atom stereocenters. The van der Waals surface area contributed by atoms with Crippen LogP contribution in [-0.4, -0.2) is 21.7 Å². The lowest BCUT2D eigenvalue weighted by atomic mass is 10.1. The van der Waals surface area contributed by atoms with Crippen LogP contribution in [0.3, 0.4) is 0 Å². The smallest absolute Gasteiger partial charge is 0.381 e. The third-order valence-corrected chi connectivity index (χ3v) is 3.45. The standard InChI is InChI=1S/C19H20N2O3/c1-3-5-15-12-20-18(21-13-15)19(23)24-17-10-7-14(8-11-17)6-9-16(22)4-2/h4,7-8,10-13H,2-3,5-6,9H2,1H3. The quantitative estimate of drug-likeness (QED) is 0.423. The number of hydrogen-bond acceptors (Lipinski definition) is 5. The maximum absolute atomic E-state index is 12.0. The highest BCUT2D eigenvalue weighted by molar-refractivity contribution is 5.89. The highest BCUT2D eigenvalue weighted by atomic mass is 16.5. The molecule has 0 aliphatic heterocycles. The Hall–Kier alpha value is -2.82. The molecule has 24 heavy (non-hydrogen) atoms. The minimum atomic E-state index is -0.590. The fourth-order valence-corrected chi connectivity index (χ4v) is 2.12. The van der Waals surface area contributed by atoms with Gasteiger partial charge in [-0.25, -0.2) is 14.8 Å². The molecule has 1 aromatic heterocycles. The molecule has 124 valence electrons. The molecule has 0 aliphatic rings. The van der Waals surface area contributed by atoms with Gasteiger partial charge in [0.1, 0.15) is 5.75 Å². The Bertz CT molecular complexity index is 706. The number of nitrogens with zero attached hydrogens (tertiary/aromatic N) is 2. The summed E-state index contributed by atoms with van der Waals surface area (Å²) in [6.07, 6.45) is 7.53. The van der Waals surface area contributed by atoms with Crippen LogP contribution in [0.1, 0.15) is 41.5 Å². The first-order valence-corrected chi connectivity index (χ1v) is 7.89. The van der Waals surface area contributed by atoms with Gasteiger partial charge in [-0.05, 0) is 42.2 Å². The molecule has 0 saturated heterocycles. The van der Waals surface area contributed by atoms with Crippen molar-refractivity contribution in [1.82, 2.24) is 9.97 Å². The van der Waals surface area contributed by atoms with Crippen molar-refractivity contribution in [3.63, 3.8) is 0 Å². The van der Waals surface area contributed by atoms with E-state index in [2.05, 4.69) is 23.5 Å². The van der Waals surface area contributed by atoms with E-state index in [1.165, 1.54) is 6.08 Å². The third kappa shape index (κ3) is 5.12. The average molecular weight is 324 g/mol. The van der Waals surface area contributed by atoms with Gasteiger partial charge in [-0.3, -0.25) is 4.79 Å². The highest BCUT2D eigenvalue weighted by Crippen LogP contribution is 2.15. The number of allylic oxidation sites excluding steroid dienone is 1. The van der Waals surface area contributed by atoms with Crippen molar-refractivity contribution in [3.8, 4) is 5.75 Å². The van der Waals surface area contributed by atoms with Crippen molar-refractivity contribution in [1.29, 1.82) is 0 Å². The molecule has 1 aromatic carbocycles. The second-order valence-electron chi connectivity index (χ2n) is 5.37. The Morgan fingerprint density at radius 1 is 1.08 bits per heavy atom. The number of ketones is 1. The van der Waals surface area contributed by atoms with E-state index in [-0.39, 0.29) is 11.6 Å². The first kappa shape index (κ1) is 17.5. The summed E-state index contributed by atoms with van der Waals surface area (Å²) in [7, 11) is 0. The SMILES string of the molecule is C=CC(=O)CCc1ccc(OC(=O)c2ncc(CCC)cn2)cc1. The largest absolute Gasteiger partial charge is 0.421 e. The fraction of sp³-hybridized carbons (Fsp3) is 0.263. The van der Waals surface area contributed by atoms with Crippen molar-refractivity contribution in [2.45, 2.75) is 32.6 Å². The van der Waals surface area contributed by atoms with Gasteiger partial charge >= 0.3 is 5.97 Å². The molecule has 0 amide bonds. The first-order chi connectivity index (χ1) is 11.6. The third-order valence-electron chi connectivity index (χ3n) is 3.45. The van der Waals surface area contributed by atoms with Gasteiger partial charge in [0.15, 0.2) is 5.78 Å². The van der Waals surface area contributed by atoms with Gasteiger partial charge in [0.2, 0.25) is 5.82 Å². The molecule has 0 fully saturated rings. The molecule has 0 aliphatic carbocycles. The predicted molar refractivity (Wildman–Crippen MR) is 91.0 cm³/mol. The number of aromatic nitrogens is 2. The van der Waals surface area contributed by atoms with E-state index in [4.69, 9.17) is 4.74 Å². The van der Waals surface area contributed by atoms with Crippen molar-refractivity contribution >= 4 is 11.8 Å². The van der Waals surface area contributed by atoms with Gasteiger partial charge < -0.3 is 4.74 Å². The number of aryl methyl sites for hydroxylation is 2. The Labute approximate surface area is 141 Å². The second-order valence-corrected chi connectivity index (χ2v) is 5.37. The van der Waals surface area contributed by atoms with Crippen LogP contribution in [0.15, 0.2) is 49.3 Å². The zero-order chi connectivity index (χ0) is 17.4. The van der Waals surface area contributed by atoms with Crippen molar-refractivity contribution in [2.75, 3.05) is 0 Å². The molecule has 0 bridgehead atoms. The van der Waals surface area contributed by atoms with Crippen LogP contribution in [0, 0.1) is 0 Å². The Morgan fingerprint density at radius 3 is 2.33 bits per heavy atom. The summed E-state index contributed by atoms with van der Waals surface area (Å²) in [5.41, 5.74) is 1.98. The highest BCUT2D eigenvalue weighted by Gasteiger charge is 2.12. The molecular weight excluding hydrogens is 304 g/mol. The summed E-state index contributed by atoms with van der Waals surface area (Å²) in [5, 5.41) is 0. The van der Waals surface area contributed by atoms with Crippen molar-refractivity contribution < 1.29 is 14.3 Å². The van der Waals surface area contributed by atoms with E-state index in [0.29, 0.717) is 18.6 Å². The number of benzene rings is 1. The molecule has 0 saturated carbocycles. The first-order valence-electron chi connectivity index (χ1n) is 7.89. The van der Waals surface area contributed by atoms with E-state index in [9.17, 15) is 9.59 Å². The van der Waals surface area contributed by atoms with Crippen LogP contribution in [0.2, 0.25) is 0 Å². The Kier molecular flexibility index (Phi) is 6.37. The van der Waals surface area contributed by atoms with E-state index in [0.717, 1.165) is 24.0 Å². The topological polar surface area (TPSA) is 69.2 Å². The van der Waals surface area contributed by atoms with E-state index >= 15 is 0 Å². The lowest BCUT2D eigenvalue weighted by Crippen LogP contribution is -2.13. The molecule has 0 unspecified atom stereocenters. The average Bonchev–Trinajstić information content (AvgIpc) is 2.61. The van der Waals surface area contributed by atoms with Crippen molar-refractivity contribution in [3.05, 3.63) is 66.3 Å². The van der Waals surface area contributed by atoms with Crippen LogP contribution in [-0.2, 0) is 17.6 Å². The van der Waals surface area contributed by atoms with Gasteiger partial charge in [-0.15, -0.1) is 0 Å². The zero-order valence-corrected chi connectivity index (χ0v) is 13.7. The molecule has 1 heterocycles. The number of esters is 1. The number of hydrogen-bond donors (Lipinski definition) is 0. The van der Waals surface area contributed by atoms with Crippen molar-refractivity contribution in [2.24, 2.45) is 0 Å². The lowest BCUT2D eigenvalue weighted by molar-refractivity contribution is -0.114. The molecule has 5 heteroatoms. The normalized spacial score (nSPS) is 10.2. The second kappa shape index (κ2) is 8.72. The number of carbonyl (C=O) groups excluding carboxylic acids is 2. The summed E-state index contributed by atoms with van der Waals surface area (Å²) in [6.45, 7) is 5.51. The molecule has 5 nitrogen and oxygen atoms in total. The maximum atomic E-state index is 12.0. The van der Waals surface area contributed by atoms with Crippen LogP contribution in [0.25, 0.3) is 0 Å². The monoisotopic (exact) mass is 324 g/mol. The van der Waals surface area contributed by atoms with E-state index < -0.39 is 5.97 Å². The summed E-state index contributed by atoms with van der Waals surface area (Å²) >= 11 is 0. The molecule has 0 spiro atoms. The van der Waals surface area contributed by atoms with Crippen LogP contribution in [0.4, 0.5) is 0 Å². The van der Waals surface area contributed by atoms with Gasteiger partial charge in [-0.1, -0.05) is 32.1 Å². The number of carbonyl (C=O) groups is 2. The van der Waals surface area contributed by atoms with Gasteiger partial charge in [0.25, 0.3) is 0 Å². The molecule has 2 rings (SSSR count). The van der Waals surface area contributed by atoms with Crippen LogP contribution in [0.5, 0.6) is 5.75 Å². The van der Waals surface area contributed by atoms with Crippen LogP contribution >= 0.6 is 0 Å². The predicted octanol–water partition coefficient (Wildman–Crippen LogP) is 3.34. The van der Waals surface area contributed by atoms with Crippen LogP contribution < -0.4 is 4.74 Å². The Balaban J connectivity index is 1.93. The lowest BCUT2D eigenvalue weighted by Gasteiger charge is -2.05. The molecular formula is C19H20N2O3. The molecule has 0 radical (unpaired) electrons. The minimum absolute atomic E-state index is 0.00849. The summed E-state index contributed by atoms with van der Waals surface area (Å²) in [6, 6.07) is 7.03. The maximum Gasteiger partial charge on any atom is 0.381 e. The zero-order valence-electron chi connectivity index (χ0n) is 13.7. The molecule has 2 aromatic rings. The minimum Gasteiger partial charge on any atom is -0.421 e. The molecule has 0 N–H and O–H groups in total. The summed E-state index contributed by atoms with van der Waals surface area (Å²) in [4.78, 5) is 31.3. The number of rotatable bonds is 8. The summed E-state index contributed by atoms with van der Waals surface area (Å²) < 4.78 is 5.25. The van der Waals surface area contributed by atoms with Gasteiger partial charge in [0.05, 0.1) is 0 Å². The van der Waals surface area contributed by atoms with Gasteiger partial charge in [0, 0.05) is 18.8 Å². The Morgan fingerprint density at radius 2 is 1.75 bits per heavy atom. The van der Waals surface area contributed by atoms with E-state index in [1.54, 1.807) is 24.5 Å².